The van der Waals surface area contributed by atoms with Gasteiger partial charge in [0.25, 0.3) is 5.91 Å². The first kappa shape index (κ1) is 13.1. The predicted octanol–water partition coefficient (Wildman–Crippen LogP) is 1.69. The lowest BCUT2D eigenvalue weighted by Gasteiger charge is -2.15. The topological polar surface area (TPSA) is 71.1 Å². The highest BCUT2D eigenvalue weighted by Crippen LogP contribution is 2.19. The van der Waals surface area contributed by atoms with Gasteiger partial charge in [-0.1, -0.05) is 0 Å². The number of rotatable bonds is 2. The van der Waals surface area contributed by atoms with Crippen LogP contribution in [0.3, 0.4) is 0 Å². The zero-order valence-corrected chi connectivity index (χ0v) is 11.7. The molecule has 2 amide bonds. The summed E-state index contributed by atoms with van der Waals surface area (Å²) in [5.74, 6) is -0.294. The van der Waals surface area contributed by atoms with Crippen molar-refractivity contribution in [3.05, 3.63) is 29.3 Å². The van der Waals surface area contributed by atoms with Gasteiger partial charge >= 0.3 is 0 Å². The Labute approximate surface area is 120 Å². The highest BCUT2D eigenvalue weighted by Gasteiger charge is 2.22. The van der Waals surface area contributed by atoms with Crippen LogP contribution in [0.15, 0.2) is 23.7 Å². The van der Waals surface area contributed by atoms with Crippen molar-refractivity contribution < 1.29 is 9.59 Å². The Kier molecular flexibility index (Phi) is 3.64. The number of nitrogens with zero attached hydrogens (tertiary/aromatic N) is 1. The molecule has 0 spiro atoms. The Morgan fingerprint density at radius 1 is 1.40 bits per heavy atom. The molecule has 2 aromatic rings. The second-order valence-electron chi connectivity index (χ2n) is 4.85. The standard InChI is InChI=1S/C14H15N3O2S/c18-13(17-11-3-1-2-6-15-14(11)19)9-4-5-10-12(7-9)20-8-16-10/h4-5,7-8,11H,1-3,6H2,(H,15,19)(H,17,18)/t11-/m1/s1. The van der Waals surface area contributed by atoms with Crippen LogP contribution in [0.2, 0.25) is 0 Å². The summed E-state index contributed by atoms with van der Waals surface area (Å²) in [6.07, 6.45) is 2.60. The van der Waals surface area contributed by atoms with Crippen LogP contribution in [0.5, 0.6) is 0 Å². The highest BCUT2D eigenvalue weighted by atomic mass is 32.1. The van der Waals surface area contributed by atoms with Crippen LogP contribution in [0.25, 0.3) is 10.2 Å². The average molecular weight is 289 g/mol. The molecule has 1 aromatic heterocycles. The van der Waals surface area contributed by atoms with E-state index in [2.05, 4.69) is 15.6 Å². The monoisotopic (exact) mass is 289 g/mol. The number of hydrogen-bond acceptors (Lipinski definition) is 4. The Balaban J connectivity index is 1.76. The van der Waals surface area contributed by atoms with Crippen molar-refractivity contribution in [1.29, 1.82) is 0 Å². The molecule has 1 saturated heterocycles. The summed E-state index contributed by atoms with van der Waals surface area (Å²) >= 11 is 1.50. The second-order valence-corrected chi connectivity index (χ2v) is 5.73. The summed E-state index contributed by atoms with van der Waals surface area (Å²) in [5, 5.41) is 5.63. The fourth-order valence-corrected chi connectivity index (χ4v) is 3.03. The van der Waals surface area contributed by atoms with Crippen LogP contribution >= 0.6 is 11.3 Å². The molecule has 1 atom stereocenters. The Morgan fingerprint density at radius 3 is 3.20 bits per heavy atom. The van der Waals surface area contributed by atoms with Crippen molar-refractivity contribution in [2.45, 2.75) is 25.3 Å². The van der Waals surface area contributed by atoms with Gasteiger partial charge in [0.1, 0.15) is 6.04 Å². The number of aromatic nitrogens is 1. The summed E-state index contributed by atoms with van der Waals surface area (Å²) in [5.41, 5.74) is 3.21. The van der Waals surface area contributed by atoms with Crippen molar-refractivity contribution in [1.82, 2.24) is 15.6 Å². The van der Waals surface area contributed by atoms with E-state index in [1.54, 1.807) is 11.6 Å². The number of amides is 2. The van der Waals surface area contributed by atoms with Crippen molar-refractivity contribution in [3.63, 3.8) is 0 Å². The van der Waals surface area contributed by atoms with Gasteiger partial charge in [-0.05, 0) is 37.5 Å². The Morgan fingerprint density at radius 2 is 2.30 bits per heavy atom. The zero-order chi connectivity index (χ0) is 13.9. The molecule has 1 aliphatic heterocycles. The number of hydrogen-bond donors (Lipinski definition) is 2. The molecule has 3 rings (SSSR count). The van der Waals surface area contributed by atoms with E-state index in [0.717, 1.165) is 23.1 Å². The SMILES string of the molecule is O=C(N[C@@H]1CCCCNC1=O)c1ccc2ncsc2c1. The molecule has 2 heterocycles. The molecule has 0 saturated carbocycles. The minimum atomic E-state index is -0.429. The first-order valence-electron chi connectivity index (χ1n) is 6.66. The number of carbonyl (C=O) groups is 2. The Bertz CT molecular complexity index is 653. The molecule has 20 heavy (non-hydrogen) atoms. The van der Waals surface area contributed by atoms with Gasteiger partial charge in [0.15, 0.2) is 0 Å². The van der Waals surface area contributed by atoms with Gasteiger partial charge in [-0.2, -0.15) is 0 Å². The van der Waals surface area contributed by atoms with Crippen LogP contribution in [0.1, 0.15) is 29.6 Å². The van der Waals surface area contributed by atoms with Gasteiger partial charge in [-0.25, -0.2) is 4.98 Å². The molecule has 0 bridgehead atoms. The molecular weight excluding hydrogens is 274 g/mol. The molecule has 5 nitrogen and oxygen atoms in total. The molecular formula is C14H15N3O2S. The van der Waals surface area contributed by atoms with E-state index in [0.29, 0.717) is 18.5 Å². The molecule has 6 heteroatoms. The van der Waals surface area contributed by atoms with Crippen LogP contribution in [0.4, 0.5) is 0 Å². The third-order valence-corrected chi connectivity index (χ3v) is 4.23. The normalized spacial score (nSPS) is 19.4. The first-order chi connectivity index (χ1) is 9.74. The van der Waals surface area contributed by atoms with E-state index < -0.39 is 6.04 Å². The number of thiazole rings is 1. The smallest absolute Gasteiger partial charge is 0.251 e. The van der Waals surface area contributed by atoms with Crippen molar-refractivity contribution >= 4 is 33.4 Å². The van der Waals surface area contributed by atoms with Gasteiger partial charge in [0, 0.05) is 12.1 Å². The van der Waals surface area contributed by atoms with E-state index in [1.165, 1.54) is 11.3 Å². The number of fused-ring (bicyclic) bond motifs is 1. The van der Waals surface area contributed by atoms with Gasteiger partial charge < -0.3 is 10.6 Å². The average Bonchev–Trinajstić information content (AvgIpc) is 2.83. The maximum absolute atomic E-state index is 12.2. The van der Waals surface area contributed by atoms with E-state index >= 15 is 0 Å². The molecule has 0 unspecified atom stereocenters. The largest absolute Gasteiger partial charge is 0.354 e. The van der Waals surface area contributed by atoms with Crippen LogP contribution in [0, 0.1) is 0 Å². The van der Waals surface area contributed by atoms with Crippen molar-refractivity contribution in [2.24, 2.45) is 0 Å². The van der Waals surface area contributed by atoms with Gasteiger partial charge in [-0.15, -0.1) is 11.3 Å². The third kappa shape index (κ3) is 2.65. The number of benzene rings is 1. The van der Waals surface area contributed by atoms with Crippen molar-refractivity contribution in [3.8, 4) is 0 Å². The lowest BCUT2D eigenvalue weighted by Crippen LogP contribution is -2.45. The molecule has 1 fully saturated rings. The van der Waals surface area contributed by atoms with Crippen LogP contribution in [-0.2, 0) is 4.79 Å². The lowest BCUT2D eigenvalue weighted by molar-refractivity contribution is -0.122. The summed E-state index contributed by atoms with van der Waals surface area (Å²) in [4.78, 5) is 28.2. The fourth-order valence-electron chi connectivity index (χ4n) is 2.31. The molecule has 104 valence electrons. The fraction of sp³-hybridized carbons (Fsp3) is 0.357. The Hall–Kier alpha value is -1.95. The van der Waals surface area contributed by atoms with Gasteiger partial charge in [0.05, 0.1) is 15.7 Å². The summed E-state index contributed by atoms with van der Waals surface area (Å²) in [7, 11) is 0. The summed E-state index contributed by atoms with van der Waals surface area (Å²) in [6.45, 7) is 0.692. The number of nitrogens with one attached hydrogen (secondary N) is 2. The highest BCUT2D eigenvalue weighted by molar-refractivity contribution is 7.16. The van der Waals surface area contributed by atoms with Crippen molar-refractivity contribution in [2.75, 3.05) is 6.54 Å². The molecule has 1 aliphatic rings. The summed E-state index contributed by atoms with van der Waals surface area (Å²) in [6, 6.07) is 4.96. The van der Waals surface area contributed by atoms with Crippen LogP contribution < -0.4 is 10.6 Å². The molecule has 0 aliphatic carbocycles. The third-order valence-electron chi connectivity index (χ3n) is 3.43. The van der Waals surface area contributed by atoms with E-state index in [1.807, 2.05) is 12.1 Å². The van der Waals surface area contributed by atoms with E-state index in [9.17, 15) is 9.59 Å². The maximum Gasteiger partial charge on any atom is 0.251 e. The maximum atomic E-state index is 12.2. The van der Waals surface area contributed by atoms with Gasteiger partial charge in [0.2, 0.25) is 5.91 Å². The van der Waals surface area contributed by atoms with E-state index in [-0.39, 0.29) is 11.8 Å². The second kappa shape index (κ2) is 5.58. The molecule has 0 radical (unpaired) electrons. The minimum Gasteiger partial charge on any atom is -0.354 e. The molecule has 2 N–H and O–H groups in total. The van der Waals surface area contributed by atoms with Crippen LogP contribution in [-0.4, -0.2) is 29.4 Å². The quantitative estimate of drug-likeness (QED) is 0.884. The van der Waals surface area contributed by atoms with Gasteiger partial charge in [-0.3, -0.25) is 9.59 Å². The first-order valence-corrected chi connectivity index (χ1v) is 7.54. The zero-order valence-electron chi connectivity index (χ0n) is 10.9. The number of carbonyl (C=O) groups excluding carboxylic acids is 2. The lowest BCUT2D eigenvalue weighted by atomic mass is 10.1. The minimum absolute atomic E-state index is 0.0882. The van der Waals surface area contributed by atoms with E-state index in [4.69, 9.17) is 0 Å². The predicted molar refractivity (Wildman–Crippen MR) is 77.7 cm³/mol. The molecule has 1 aromatic carbocycles. The summed E-state index contributed by atoms with van der Waals surface area (Å²) < 4.78 is 0.975.